The van der Waals surface area contributed by atoms with Crippen LogP contribution in [-0.2, 0) is 6.42 Å². The summed E-state index contributed by atoms with van der Waals surface area (Å²) in [6, 6.07) is 10.5. The molecule has 3 aromatic heterocycles. The summed E-state index contributed by atoms with van der Waals surface area (Å²) < 4.78 is 1.71. The standard InChI is InChI=1S/C21H18N4O/c1-21(2)10-18-17(20(26)11-21)6-5-16(24-18)7-9-25-13-19(23-14-25)15-4-3-8-22-12-15/h3-6,8,12-14H,10-11H2,1-2H3. The van der Waals surface area contributed by atoms with E-state index in [4.69, 9.17) is 0 Å². The molecule has 0 aromatic carbocycles. The molecular weight excluding hydrogens is 324 g/mol. The second-order valence-corrected chi connectivity index (χ2v) is 7.28. The van der Waals surface area contributed by atoms with E-state index >= 15 is 0 Å². The Kier molecular flexibility index (Phi) is 3.89. The molecule has 1 aliphatic rings. The zero-order chi connectivity index (χ0) is 18.1. The van der Waals surface area contributed by atoms with E-state index in [0.29, 0.717) is 12.1 Å². The molecule has 5 nitrogen and oxygen atoms in total. The lowest BCUT2D eigenvalue weighted by Gasteiger charge is -2.29. The lowest BCUT2D eigenvalue weighted by molar-refractivity contribution is 0.0910. The van der Waals surface area contributed by atoms with E-state index in [9.17, 15) is 4.79 Å². The molecule has 1 aliphatic carbocycles. The Morgan fingerprint density at radius 2 is 2.08 bits per heavy atom. The highest BCUT2D eigenvalue weighted by molar-refractivity contribution is 5.98. The number of aromatic nitrogens is 4. The van der Waals surface area contributed by atoms with Crippen LogP contribution in [0.2, 0.25) is 0 Å². The van der Waals surface area contributed by atoms with Crippen LogP contribution in [0.1, 0.15) is 42.0 Å². The minimum atomic E-state index is -0.0495. The Morgan fingerprint density at radius 1 is 1.19 bits per heavy atom. The van der Waals surface area contributed by atoms with Crippen molar-refractivity contribution >= 4 is 5.78 Å². The van der Waals surface area contributed by atoms with Crippen LogP contribution < -0.4 is 0 Å². The third kappa shape index (κ3) is 3.27. The van der Waals surface area contributed by atoms with Gasteiger partial charge >= 0.3 is 0 Å². The Labute approximate surface area is 152 Å². The Hall–Kier alpha value is -3.26. The average Bonchev–Trinajstić information content (AvgIpc) is 3.08. The highest BCUT2D eigenvalue weighted by atomic mass is 16.1. The molecule has 0 unspecified atom stereocenters. The average molecular weight is 342 g/mol. The van der Waals surface area contributed by atoms with Crippen LogP contribution in [0.5, 0.6) is 0 Å². The molecule has 0 saturated carbocycles. The summed E-state index contributed by atoms with van der Waals surface area (Å²) in [6.07, 6.45) is 8.38. The molecule has 128 valence electrons. The molecule has 0 fully saturated rings. The second-order valence-electron chi connectivity index (χ2n) is 7.28. The summed E-state index contributed by atoms with van der Waals surface area (Å²) in [4.78, 5) is 25.3. The van der Waals surface area contributed by atoms with E-state index < -0.39 is 0 Å². The zero-order valence-electron chi connectivity index (χ0n) is 14.7. The largest absolute Gasteiger partial charge is 0.294 e. The van der Waals surface area contributed by atoms with Crippen LogP contribution >= 0.6 is 0 Å². The van der Waals surface area contributed by atoms with Crippen LogP contribution in [0.3, 0.4) is 0 Å². The van der Waals surface area contributed by atoms with Crippen molar-refractivity contribution in [2.45, 2.75) is 26.7 Å². The van der Waals surface area contributed by atoms with Crippen LogP contribution in [0.15, 0.2) is 49.2 Å². The van der Waals surface area contributed by atoms with Crippen molar-refractivity contribution in [2.75, 3.05) is 0 Å². The fraction of sp³-hybridized carbons (Fsp3) is 0.238. The second kappa shape index (κ2) is 6.23. The van der Waals surface area contributed by atoms with Gasteiger partial charge in [0.15, 0.2) is 5.78 Å². The molecule has 0 spiro atoms. The van der Waals surface area contributed by atoms with Gasteiger partial charge in [0.1, 0.15) is 12.0 Å². The van der Waals surface area contributed by atoms with E-state index in [1.807, 2.05) is 24.4 Å². The highest BCUT2D eigenvalue weighted by Gasteiger charge is 2.31. The molecule has 3 aromatic rings. The number of carbonyl (C=O) groups excluding carboxylic acids is 1. The Balaban J connectivity index is 1.60. The van der Waals surface area contributed by atoms with Gasteiger partial charge in [0.05, 0.1) is 11.4 Å². The molecule has 0 bridgehead atoms. The van der Waals surface area contributed by atoms with Gasteiger partial charge in [-0.25, -0.2) is 9.97 Å². The van der Waals surface area contributed by atoms with Gasteiger partial charge in [-0.2, -0.15) is 0 Å². The number of pyridine rings is 2. The number of fused-ring (bicyclic) bond motifs is 1. The predicted molar refractivity (Wildman–Crippen MR) is 98.4 cm³/mol. The molecule has 0 N–H and O–H groups in total. The molecule has 26 heavy (non-hydrogen) atoms. The smallest absolute Gasteiger partial charge is 0.165 e. The number of carbonyl (C=O) groups is 1. The van der Waals surface area contributed by atoms with Crippen molar-refractivity contribution in [1.29, 1.82) is 0 Å². The van der Waals surface area contributed by atoms with E-state index in [1.54, 1.807) is 29.4 Å². The van der Waals surface area contributed by atoms with Gasteiger partial charge in [0.2, 0.25) is 0 Å². The van der Waals surface area contributed by atoms with Crippen LogP contribution in [-0.4, -0.2) is 25.3 Å². The summed E-state index contributed by atoms with van der Waals surface area (Å²) in [5, 5.41) is 0. The molecule has 0 radical (unpaired) electrons. The predicted octanol–water partition coefficient (Wildman–Crippen LogP) is 3.35. The Morgan fingerprint density at radius 3 is 2.88 bits per heavy atom. The van der Waals surface area contributed by atoms with Crippen molar-refractivity contribution < 1.29 is 4.79 Å². The number of Topliss-reactive ketones (excluding diaryl/α,β-unsaturated/α-hetero) is 1. The fourth-order valence-corrected chi connectivity index (χ4v) is 3.17. The number of ketones is 1. The summed E-state index contributed by atoms with van der Waals surface area (Å²) in [5.74, 6) is 3.22. The molecule has 3 heterocycles. The topological polar surface area (TPSA) is 60.7 Å². The normalized spacial score (nSPS) is 15.1. The molecule has 4 rings (SSSR count). The third-order valence-electron chi connectivity index (χ3n) is 4.41. The summed E-state index contributed by atoms with van der Waals surface area (Å²) in [6.45, 7) is 4.19. The maximum atomic E-state index is 12.2. The quantitative estimate of drug-likeness (QED) is 0.636. The molecule has 0 atom stereocenters. The van der Waals surface area contributed by atoms with E-state index in [0.717, 1.165) is 28.9 Å². The lowest BCUT2D eigenvalue weighted by atomic mass is 9.75. The van der Waals surface area contributed by atoms with E-state index in [1.165, 1.54) is 0 Å². The number of imidazole rings is 1. The minimum Gasteiger partial charge on any atom is -0.294 e. The molecular formula is C21H18N4O. The first kappa shape index (κ1) is 16.2. The summed E-state index contributed by atoms with van der Waals surface area (Å²) in [7, 11) is 0. The zero-order valence-corrected chi connectivity index (χ0v) is 14.7. The summed E-state index contributed by atoms with van der Waals surface area (Å²) >= 11 is 0. The SMILES string of the molecule is CC1(C)CC(=O)c2ccc(C#Cn3cnc(-c4cccnc4)c3)nc2C1. The molecule has 5 heteroatoms. The van der Waals surface area contributed by atoms with Crippen LogP contribution in [0, 0.1) is 17.4 Å². The third-order valence-corrected chi connectivity index (χ3v) is 4.41. The van der Waals surface area contributed by atoms with E-state index in [2.05, 4.69) is 40.8 Å². The monoisotopic (exact) mass is 342 g/mol. The van der Waals surface area contributed by atoms with Crippen molar-refractivity contribution in [3.8, 4) is 23.2 Å². The van der Waals surface area contributed by atoms with Gasteiger partial charge in [-0.1, -0.05) is 13.8 Å². The first-order chi connectivity index (χ1) is 12.5. The first-order valence-corrected chi connectivity index (χ1v) is 8.50. The van der Waals surface area contributed by atoms with Crippen molar-refractivity contribution in [1.82, 2.24) is 19.5 Å². The van der Waals surface area contributed by atoms with Gasteiger partial charge in [-0.15, -0.1) is 0 Å². The van der Waals surface area contributed by atoms with Gasteiger partial charge in [-0.3, -0.25) is 14.3 Å². The van der Waals surface area contributed by atoms with E-state index in [-0.39, 0.29) is 11.2 Å². The maximum absolute atomic E-state index is 12.2. The molecule has 0 aliphatic heterocycles. The van der Waals surface area contributed by atoms with Gasteiger partial charge in [-0.05, 0) is 42.0 Å². The van der Waals surface area contributed by atoms with Gasteiger partial charge < -0.3 is 0 Å². The van der Waals surface area contributed by atoms with Crippen LogP contribution in [0.4, 0.5) is 0 Å². The highest BCUT2D eigenvalue weighted by Crippen LogP contribution is 2.33. The van der Waals surface area contributed by atoms with Crippen LogP contribution in [0.25, 0.3) is 11.3 Å². The van der Waals surface area contributed by atoms with Crippen molar-refractivity contribution in [3.63, 3.8) is 0 Å². The Bertz CT molecular complexity index is 1040. The van der Waals surface area contributed by atoms with Gasteiger partial charge in [0.25, 0.3) is 0 Å². The van der Waals surface area contributed by atoms with Gasteiger partial charge in [0, 0.05) is 42.2 Å². The lowest BCUT2D eigenvalue weighted by Crippen LogP contribution is -2.28. The summed E-state index contributed by atoms with van der Waals surface area (Å²) in [5.41, 5.74) is 3.95. The first-order valence-electron chi connectivity index (χ1n) is 8.50. The van der Waals surface area contributed by atoms with Crippen molar-refractivity contribution in [3.05, 3.63) is 66.1 Å². The van der Waals surface area contributed by atoms with Crippen molar-refractivity contribution in [2.24, 2.45) is 5.41 Å². The molecule has 0 saturated heterocycles. The fourth-order valence-electron chi connectivity index (χ4n) is 3.17. The number of hydrogen-bond acceptors (Lipinski definition) is 4. The number of nitrogens with zero attached hydrogens (tertiary/aromatic N) is 4. The molecule has 0 amide bonds. The minimum absolute atomic E-state index is 0.0495. The number of hydrogen-bond donors (Lipinski definition) is 0. The number of rotatable bonds is 1. The maximum Gasteiger partial charge on any atom is 0.165 e.